The van der Waals surface area contributed by atoms with Gasteiger partial charge in [0.15, 0.2) is 0 Å². The molecule has 0 aliphatic carbocycles. The summed E-state index contributed by atoms with van der Waals surface area (Å²) in [5, 5.41) is 0. The van der Waals surface area contributed by atoms with E-state index < -0.39 is 0 Å². The predicted octanol–water partition coefficient (Wildman–Crippen LogP) is 3.13. The Labute approximate surface area is 85.6 Å². The first-order chi connectivity index (χ1) is 6.31. The molecule has 0 aromatic carbocycles. The molecule has 0 saturated carbocycles. The largest absolute Gasteiger partial charge is 0.466 e. The molecule has 0 unspecified atom stereocenters. The van der Waals surface area contributed by atoms with Crippen molar-refractivity contribution in [3.63, 3.8) is 0 Å². The van der Waals surface area contributed by atoms with E-state index in [0.717, 1.165) is 38.0 Å². The molecule has 0 spiro atoms. The minimum absolute atomic E-state index is 0.0623. The van der Waals surface area contributed by atoms with E-state index in [9.17, 15) is 4.79 Å². The number of halogens is 1. The van der Waals surface area contributed by atoms with Crippen molar-refractivity contribution in [1.29, 1.82) is 0 Å². The van der Waals surface area contributed by atoms with Gasteiger partial charge in [-0.15, -0.1) is 11.6 Å². The van der Waals surface area contributed by atoms with Crippen LogP contribution in [0.5, 0.6) is 0 Å². The van der Waals surface area contributed by atoms with Gasteiger partial charge in [0.1, 0.15) is 0 Å². The maximum absolute atomic E-state index is 11.0. The molecule has 0 rings (SSSR count). The van der Waals surface area contributed by atoms with Gasteiger partial charge in [0, 0.05) is 12.3 Å². The van der Waals surface area contributed by atoms with Gasteiger partial charge in [0.05, 0.1) is 6.61 Å². The van der Waals surface area contributed by atoms with Crippen LogP contribution in [0.25, 0.3) is 0 Å². The predicted molar refractivity (Wildman–Crippen MR) is 55.1 cm³/mol. The van der Waals surface area contributed by atoms with E-state index in [4.69, 9.17) is 16.3 Å². The smallest absolute Gasteiger partial charge is 0.305 e. The monoisotopic (exact) mass is 206 g/mol. The summed E-state index contributed by atoms with van der Waals surface area (Å²) in [5.74, 6) is 0.660. The van der Waals surface area contributed by atoms with Gasteiger partial charge in [-0.3, -0.25) is 4.79 Å². The van der Waals surface area contributed by atoms with Gasteiger partial charge in [0.25, 0.3) is 0 Å². The number of ether oxygens (including phenoxy) is 1. The number of alkyl halides is 1. The highest BCUT2D eigenvalue weighted by Crippen LogP contribution is 2.04. The summed E-state index contributed by atoms with van der Waals surface area (Å²) in [6, 6.07) is 0. The van der Waals surface area contributed by atoms with E-state index in [1.807, 2.05) is 6.92 Å². The first-order valence-corrected chi connectivity index (χ1v) is 5.56. The van der Waals surface area contributed by atoms with Crippen molar-refractivity contribution < 1.29 is 9.53 Å². The van der Waals surface area contributed by atoms with Crippen LogP contribution in [0, 0.1) is 0 Å². The van der Waals surface area contributed by atoms with Crippen LogP contribution in [0.4, 0.5) is 0 Å². The number of esters is 1. The Hall–Kier alpha value is -0.240. The number of hydrogen-bond acceptors (Lipinski definition) is 2. The van der Waals surface area contributed by atoms with Gasteiger partial charge in [0.2, 0.25) is 0 Å². The summed E-state index contributed by atoms with van der Waals surface area (Å²) in [7, 11) is 0. The van der Waals surface area contributed by atoms with Crippen LogP contribution >= 0.6 is 11.6 Å². The van der Waals surface area contributed by atoms with Crippen LogP contribution in [-0.2, 0) is 9.53 Å². The third-order valence-corrected chi connectivity index (χ3v) is 2.00. The van der Waals surface area contributed by atoms with Gasteiger partial charge in [-0.1, -0.05) is 19.8 Å². The zero-order valence-electron chi connectivity index (χ0n) is 8.35. The Kier molecular flexibility index (Phi) is 9.66. The Morgan fingerprint density at radius 3 is 2.54 bits per heavy atom. The van der Waals surface area contributed by atoms with Gasteiger partial charge in [-0.25, -0.2) is 0 Å². The molecule has 0 heterocycles. The average molecular weight is 207 g/mol. The second-order valence-corrected chi connectivity index (χ2v) is 3.45. The van der Waals surface area contributed by atoms with Crippen molar-refractivity contribution in [1.82, 2.24) is 0 Å². The van der Waals surface area contributed by atoms with E-state index in [-0.39, 0.29) is 5.97 Å². The maximum Gasteiger partial charge on any atom is 0.305 e. The zero-order valence-corrected chi connectivity index (χ0v) is 9.11. The normalized spacial score (nSPS) is 10.0. The summed E-state index contributed by atoms with van der Waals surface area (Å²) in [6.07, 6.45) is 5.63. The highest BCUT2D eigenvalue weighted by molar-refractivity contribution is 6.17. The number of carbonyl (C=O) groups is 1. The lowest BCUT2D eigenvalue weighted by atomic mass is 10.1. The van der Waals surface area contributed by atoms with Gasteiger partial charge < -0.3 is 4.74 Å². The van der Waals surface area contributed by atoms with E-state index in [1.54, 1.807) is 0 Å². The maximum atomic E-state index is 11.0. The van der Waals surface area contributed by atoms with Crippen molar-refractivity contribution >= 4 is 17.6 Å². The Morgan fingerprint density at radius 2 is 1.92 bits per heavy atom. The molecular weight excluding hydrogens is 188 g/mol. The molecule has 0 aromatic heterocycles. The molecule has 0 aromatic rings. The SMILES string of the molecule is CCCOC(=O)CCCCCCCl. The lowest BCUT2D eigenvalue weighted by Crippen LogP contribution is -2.04. The molecule has 78 valence electrons. The Balaban J connectivity index is 3.08. The standard InChI is InChI=1S/C10H19ClO2/c1-2-9-13-10(12)7-5-3-4-6-8-11/h2-9H2,1H3. The fourth-order valence-corrected chi connectivity index (χ4v) is 1.19. The third kappa shape index (κ3) is 9.68. The lowest BCUT2D eigenvalue weighted by Gasteiger charge is -2.02. The number of carbonyl (C=O) groups excluding carboxylic acids is 1. The van der Waals surface area contributed by atoms with Gasteiger partial charge in [-0.05, 0) is 19.3 Å². The zero-order chi connectivity index (χ0) is 9.94. The van der Waals surface area contributed by atoms with Crippen molar-refractivity contribution in [3.8, 4) is 0 Å². The molecule has 3 heteroatoms. The molecule has 0 N–H and O–H groups in total. The fourth-order valence-electron chi connectivity index (χ4n) is 1.01. The molecule has 0 amide bonds. The molecule has 2 nitrogen and oxygen atoms in total. The van der Waals surface area contributed by atoms with Gasteiger partial charge in [-0.2, -0.15) is 0 Å². The summed E-state index contributed by atoms with van der Waals surface area (Å²) in [4.78, 5) is 11.0. The van der Waals surface area contributed by atoms with Crippen LogP contribution in [-0.4, -0.2) is 18.5 Å². The first kappa shape index (κ1) is 12.8. The molecule has 0 fully saturated rings. The summed E-state index contributed by atoms with van der Waals surface area (Å²) in [6.45, 7) is 2.55. The first-order valence-electron chi connectivity index (χ1n) is 5.02. The molecular formula is C10H19ClO2. The van der Waals surface area contributed by atoms with Crippen molar-refractivity contribution in [2.24, 2.45) is 0 Å². The van der Waals surface area contributed by atoms with E-state index in [0.29, 0.717) is 13.0 Å². The van der Waals surface area contributed by atoms with Crippen molar-refractivity contribution in [2.45, 2.75) is 45.4 Å². The second kappa shape index (κ2) is 9.85. The lowest BCUT2D eigenvalue weighted by molar-refractivity contribution is -0.143. The average Bonchev–Trinajstić information content (AvgIpc) is 2.14. The van der Waals surface area contributed by atoms with Crippen LogP contribution in [0.1, 0.15) is 45.4 Å². The minimum Gasteiger partial charge on any atom is -0.466 e. The molecule has 0 aliphatic rings. The summed E-state index contributed by atoms with van der Waals surface area (Å²) in [5.41, 5.74) is 0. The fraction of sp³-hybridized carbons (Fsp3) is 0.900. The Morgan fingerprint density at radius 1 is 1.23 bits per heavy atom. The van der Waals surface area contributed by atoms with Crippen LogP contribution in [0.3, 0.4) is 0 Å². The Bertz CT molecular complexity index is 126. The van der Waals surface area contributed by atoms with E-state index in [2.05, 4.69) is 0 Å². The number of unbranched alkanes of at least 4 members (excludes halogenated alkanes) is 3. The van der Waals surface area contributed by atoms with Crippen molar-refractivity contribution in [3.05, 3.63) is 0 Å². The summed E-state index contributed by atoms with van der Waals surface area (Å²) < 4.78 is 4.93. The van der Waals surface area contributed by atoms with Crippen LogP contribution < -0.4 is 0 Å². The molecule has 13 heavy (non-hydrogen) atoms. The minimum atomic E-state index is -0.0623. The van der Waals surface area contributed by atoms with Gasteiger partial charge >= 0.3 is 5.97 Å². The van der Waals surface area contributed by atoms with E-state index >= 15 is 0 Å². The van der Waals surface area contributed by atoms with Crippen molar-refractivity contribution in [2.75, 3.05) is 12.5 Å². The third-order valence-electron chi connectivity index (χ3n) is 1.73. The highest BCUT2D eigenvalue weighted by atomic mass is 35.5. The van der Waals surface area contributed by atoms with Crippen LogP contribution in [0.2, 0.25) is 0 Å². The highest BCUT2D eigenvalue weighted by Gasteiger charge is 2.00. The molecule has 0 radical (unpaired) electrons. The quantitative estimate of drug-likeness (QED) is 0.347. The molecule has 0 saturated heterocycles. The second-order valence-electron chi connectivity index (χ2n) is 3.07. The van der Waals surface area contributed by atoms with E-state index in [1.165, 1.54) is 0 Å². The summed E-state index contributed by atoms with van der Waals surface area (Å²) >= 11 is 5.52. The number of hydrogen-bond donors (Lipinski definition) is 0. The molecule has 0 bridgehead atoms. The topological polar surface area (TPSA) is 26.3 Å². The van der Waals surface area contributed by atoms with Crippen LogP contribution in [0.15, 0.2) is 0 Å². The molecule has 0 aliphatic heterocycles. The number of rotatable bonds is 8. The molecule has 0 atom stereocenters.